The third-order valence-electron chi connectivity index (χ3n) is 3.50. The highest BCUT2D eigenvalue weighted by Gasteiger charge is 2.05. The molecule has 3 aromatic heterocycles. The van der Waals surface area contributed by atoms with Crippen LogP contribution in [-0.2, 0) is 6.61 Å². The van der Waals surface area contributed by atoms with Gasteiger partial charge in [-0.1, -0.05) is 24.3 Å². The lowest BCUT2D eigenvalue weighted by atomic mass is 10.1. The number of rotatable bonds is 3. The molecule has 3 heterocycles. The molecule has 0 bridgehead atoms. The maximum Gasteiger partial charge on any atom is 0.214 e. The van der Waals surface area contributed by atoms with Crippen molar-refractivity contribution in [3.8, 4) is 5.88 Å². The summed E-state index contributed by atoms with van der Waals surface area (Å²) in [5.41, 5.74) is 2.63. The normalized spacial score (nSPS) is 10.9. The Bertz CT molecular complexity index is 938. The SMILES string of the molecule is c1ccc(COc2ccc3ccc4cccnc4c3n2)nc1. The fourth-order valence-corrected chi connectivity index (χ4v) is 2.42. The van der Waals surface area contributed by atoms with Gasteiger partial charge in [0, 0.05) is 29.2 Å². The molecule has 4 aromatic rings. The minimum Gasteiger partial charge on any atom is -0.471 e. The molecule has 0 atom stereocenters. The van der Waals surface area contributed by atoms with E-state index < -0.39 is 0 Å². The zero-order chi connectivity index (χ0) is 14.8. The standard InChI is InChI=1S/C18H13N3O/c1-2-10-19-15(5-1)12-22-16-9-8-14-7-6-13-4-3-11-20-17(13)18(14)21-16/h1-11H,12H2. The van der Waals surface area contributed by atoms with E-state index in [0.29, 0.717) is 12.5 Å². The Kier molecular flexibility index (Phi) is 3.12. The summed E-state index contributed by atoms with van der Waals surface area (Å²) in [7, 11) is 0. The maximum atomic E-state index is 5.75. The van der Waals surface area contributed by atoms with E-state index in [9.17, 15) is 0 Å². The third-order valence-corrected chi connectivity index (χ3v) is 3.50. The maximum absolute atomic E-state index is 5.75. The van der Waals surface area contributed by atoms with Crippen molar-refractivity contribution in [3.63, 3.8) is 0 Å². The molecule has 0 saturated carbocycles. The number of fused-ring (bicyclic) bond motifs is 3. The molecule has 0 radical (unpaired) electrons. The van der Waals surface area contributed by atoms with E-state index >= 15 is 0 Å². The van der Waals surface area contributed by atoms with Crippen molar-refractivity contribution in [3.05, 3.63) is 72.7 Å². The Morgan fingerprint density at radius 3 is 2.41 bits per heavy atom. The molecule has 0 saturated heterocycles. The van der Waals surface area contributed by atoms with Crippen LogP contribution in [-0.4, -0.2) is 15.0 Å². The Morgan fingerprint density at radius 2 is 1.55 bits per heavy atom. The second kappa shape index (κ2) is 5.41. The van der Waals surface area contributed by atoms with Crippen LogP contribution in [0.3, 0.4) is 0 Å². The van der Waals surface area contributed by atoms with Crippen LogP contribution in [0.2, 0.25) is 0 Å². The summed E-state index contributed by atoms with van der Waals surface area (Å²) in [6, 6.07) is 17.7. The first kappa shape index (κ1) is 12.7. The van der Waals surface area contributed by atoms with Crippen LogP contribution >= 0.6 is 0 Å². The summed E-state index contributed by atoms with van der Waals surface area (Å²) in [5.74, 6) is 0.580. The first-order valence-electron chi connectivity index (χ1n) is 7.07. The molecule has 4 nitrogen and oxygen atoms in total. The molecule has 0 aliphatic heterocycles. The van der Waals surface area contributed by atoms with Gasteiger partial charge in [0.25, 0.3) is 0 Å². The minimum absolute atomic E-state index is 0.400. The second-order valence-electron chi connectivity index (χ2n) is 4.97. The predicted octanol–water partition coefficient (Wildman–Crippen LogP) is 3.76. The lowest BCUT2D eigenvalue weighted by Crippen LogP contribution is -1.99. The summed E-state index contributed by atoms with van der Waals surface area (Å²) >= 11 is 0. The highest BCUT2D eigenvalue weighted by atomic mass is 16.5. The van der Waals surface area contributed by atoms with Crippen molar-refractivity contribution in [2.45, 2.75) is 6.61 Å². The lowest BCUT2D eigenvalue weighted by Gasteiger charge is -2.07. The van der Waals surface area contributed by atoms with Gasteiger partial charge in [-0.2, -0.15) is 0 Å². The van der Waals surface area contributed by atoms with Gasteiger partial charge in [0.1, 0.15) is 12.1 Å². The van der Waals surface area contributed by atoms with Gasteiger partial charge in [0.05, 0.1) is 11.2 Å². The van der Waals surface area contributed by atoms with Crippen LogP contribution in [0.25, 0.3) is 21.8 Å². The third kappa shape index (κ3) is 2.35. The molecule has 1 aromatic carbocycles. The van der Waals surface area contributed by atoms with Crippen molar-refractivity contribution in [1.82, 2.24) is 15.0 Å². The summed E-state index contributed by atoms with van der Waals surface area (Å²) in [4.78, 5) is 13.3. The van der Waals surface area contributed by atoms with E-state index in [4.69, 9.17) is 4.74 Å². The number of aromatic nitrogens is 3. The average molecular weight is 287 g/mol. The number of pyridine rings is 3. The van der Waals surface area contributed by atoms with Crippen molar-refractivity contribution in [2.24, 2.45) is 0 Å². The van der Waals surface area contributed by atoms with E-state index in [1.54, 1.807) is 12.4 Å². The van der Waals surface area contributed by atoms with E-state index in [1.807, 2.05) is 42.5 Å². The first-order chi connectivity index (χ1) is 10.9. The Balaban J connectivity index is 1.71. The first-order valence-corrected chi connectivity index (χ1v) is 7.07. The van der Waals surface area contributed by atoms with Crippen LogP contribution in [0.1, 0.15) is 5.69 Å². The average Bonchev–Trinajstić information content (AvgIpc) is 2.60. The van der Waals surface area contributed by atoms with Gasteiger partial charge in [0.15, 0.2) is 0 Å². The molecule has 4 heteroatoms. The fraction of sp³-hybridized carbons (Fsp3) is 0.0556. The monoisotopic (exact) mass is 287 g/mol. The van der Waals surface area contributed by atoms with Crippen LogP contribution in [0, 0.1) is 0 Å². The van der Waals surface area contributed by atoms with Crippen LogP contribution < -0.4 is 4.74 Å². The van der Waals surface area contributed by atoms with Crippen LogP contribution in [0.15, 0.2) is 67.0 Å². The lowest BCUT2D eigenvalue weighted by molar-refractivity contribution is 0.290. The zero-order valence-corrected chi connectivity index (χ0v) is 11.8. The number of hydrogen-bond acceptors (Lipinski definition) is 4. The summed E-state index contributed by atoms with van der Waals surface area (Å²) in [6.45, 7) is 0.400. The molecule has 4 rings (SSSR count). The highest BCUT2D eigenvalue weighted by molar-refractivity contribution is 6.02. The van der Waals surface area contributed by atoms with E-state index in [2.05, 4.69) is 27.1 Å². The van der Waals surface area contributed by atoms with Crippen molar-refractivity contribution in [1.29, 1.82) is 0 Å². The molecule has 22 heavy (non-hydrogen) atoms. The molecule has 0 spiro atoms. The quantitative estimate of drug-likeness (QED) is 0.538. The number of hydrogen-bond donors (Lipinski definition) is 0. The zero-order valence-electron chi connectivity index (χ0n) is 11.8. The van der Waals surface area contributed by atoms with E-state index in [-0.39, 0.29) is 0 Å². The predicted molar refractivity (Wildman–Crippen MR) is 85.6 cm³/mol. The van der Waals surface area contributed by atoms with Gasteiger partial charge in [0.2, 0.25) is 5.88 Å². The van der Waals surface area contributed by atoms with Crippen molar-refractivity contribution >= 4 is 21.8 Å². The van der Waals surface area contributed by atoms with Crippen LogP contribution in [0.5, 0.6) is 5.88 Å². The molecule has 0 fully saturated rings. The summed E-state index contributed by atoms with van der Waals surface area (Å²) in [6.07, 6.45) is 3.54. The van der Waals surface area contributed by atoms with Gasteiger partial charge in [-0.05, 0) is 24.3 Å². The van der Waals surface area contributed by atoms with E-state index in [0.717, 1.165) is 27.5 Å². The molecule has 0 amide bonds. The highest BCUT2D eigenvalue weighted by Crippen LogP contribution is 2.24. The number of nitrogens with zero attached hydrogens (tertiary/aromatic N) is 3. The summed E-state index contributed by atoms with van der Waals surface area (Å²) in [5, 5.41) is 2.13. The molecule has 0 N–H and O–H groups in total. The van der Waals surface area contributed by atoms with Gasteiger partial charge in [-0.25, -0.2) is 4.98 Å². The van der Waals surface area contributed by atoms with Gasteiger partial charge >= 0.3 is 0 Å². The molecule has 0 aliphatic carbocycles. The minimum atomic E-state index is 0.400. The molecule has 106 valence electrons. The van der Waals surface area contributed by atoms with Gasteiger partial charge < -0.3 is 4.74 Å². The molecule has 0 aliphatic rings. The van der Waals surface area contributed by atoms with E-state index in [1.165, 1.54) is 0 Å². The molecular formula is C18H13N3O. The van der Waals surface area contributed by atoms with Crippen LogP contribution in [0.4, 0.5) is 0 Å². The van der Waals surface area contributed by atoms with Crippen molar-refractivity contribution < 1.29 is 4.74 Å². The molecule has 0 unspecified atom stereocenters. The molecular weight excluding hydrogens is 274 g/mol. The largest absolute Gasteiger partial charge is 0.471 e. The van der Waals surface area contributed by atoms with Gasteiger partial charge in [-0.3, -0.25) is 9.97 Å². The Labute approximate surface area is 127 Å². The summed E-state index contributed by atoms with van der Waals surface area (Å²) < 4.78 is 5.75. The fourth-order valence-electron chi connectivity index (χ4n) is 2.42. The second-order valence-corrected chi connectivity index (χ2v) is 4.97. The Morgan fingerprint density at radius 1 is 0.727 bits per heavy atom. The van der Waals surface area contributed by atoms with Crippen molar-refractivity contribution in [2.75, 3.05) is 0 Å². The topological polar surface area (TPSA) is 47.9 Å². The number of benzene rings is 1. The van der Waals surface area contributed by atoms with Gasteiger partial charge in [-0.15, -0.1) is 0 Å². The number of ether oxygens (including phenoxy) is 1. The Hall–Kier alpha value is -3.01. The smallest absolute Gasteiger partial charge is 0.214 e.